The molecule has 2 nitrogen and oxygen atoms in total. The molecular weight excluding hydrogens is 316 g/mol. The van der Waals surface area contributed by atoms with Crippen molar-refractivity contribution in [3.63, 3.8) is 0 Å². The zero-order valence-electron chi connectivity index (χ0n) is 12.4. The summed E-state index contributed by atoms with van der Waals surface area (Å²) < 4.78 is 6.52. The highest BCUT2D eigenvalue weighted by atomic mass is 79.9. The van der Waals surface area contributed by atoms with Crippen LogP contribution in [-0.4, -0.2) is 12.4 Å². The fourth-order valence-electron chi connectivity index (χ4n) is 3.07. The summed E-state index contributed by atoms with van der Waals surface area (Å²) in [5, 5.41) is 0. The van der Waals surface area contributed by atoms with E-state index >= 15 is 0 Å². The Morgan fingerprint density at radius 3 is 2.55 bits per heavy atom. The fourth-order valence-corrected chi connectivity index (χ4v) is 3.56. The van der Waals surface area contributed by atoms with E-state index < -0.39 is 0 Å². The average Bonchev–Trinajstić information content (AvgIpc) is 2.95. The van der Waals surface area contributed by atoms with E-state index in [2.05, 4.69) is 29.8 Å². The molecular formula is C17H23BrO2. The number of hydrogen-bond donors (Lipinski definition) is 0. The maximum absolute atomic E-state index is 12.8. The van der Waals surface area contributed by atoms with Crippen molar-refractivity contribution in [2.75, 3.05) is 6.61 Å². The summed E-state index contributed by atoms with van der Waals surface area (Å²) in [4.78, 5) is 12.8. The zero-order valence-corrected chi connectivity index (χ0v) is 14.0. The molecule has 0 heterocycles. The summed E-state index contributed by atoms with van der Waals surface area (Å²) in [6.45, 7) is 4.92. The Bertz CT molecular complexity index is 476. The van der Waals surface area contributed by atoms with Crippen LogP contribution in [0, 0.1) is 5.41 Å². The molecule has 1 aromatic carbocycles. The van der Waals surface area contributed by atoms with Crippen molar-refractivity contribution in [3.05, 3.63) is 28.2 Å². The predicted octanol–water partition coefficient (Wildman–Crippen LogP) is 5.39. The van der Waals surface area contributed by atoms with Crippen molar-refractivity contribution in [1.29, 1.82) is 0 Å². The normalized spacial score (nSPS) is 17.1. The van der Waals surface area contributed by atoms with Gasteiger partial charge in [-0.1, -0.05) is 26.7 Å². The summed E-state index contributed by atoms with van der Waals surface area (Å²) in [6.07, 6.45) is 6.35. The molecule has 1 saturated carbocycles. The molecule has 3 heteroatoms. The minimum absolute atomic E-state index is 0.120. The van der Waals surface area contributed by atoms with Gasteiger partial charge in [-0.3, -0.25) is 4.79 Å². The first-order valence-corrected chi connectivity index (χ1v) is 8.39. The number of halogens is 1. The third kappa shape index (κ3) is 3.08. The molecule has 0 saturated heterocycles. The SMILES string of the molecule is CCCOc1ccc(C(=O)C2(CC)CCCC2)cc1Br. The molecule has 110 valence electrons. The van der Waals surface area contributed by atoms with Gasteiger partial charge in [-0.05, 0) is 59.8 Å². The minimum Gasteiger partial charge on any atom is -0.492 e. The van der Waals surface area contributed by atoms with E-state index in [1.807, 2.05) is 18.2 Å². The first-order valence-electron chi connectivity index (χ1n) is 7.60. The van der Waals surface area contributed by atoms with Gasteiger partial charge in [0.15, 0.2) is 5.78 Å². The van der Waals surface area contributed by atoms with Crippen LogP contribution in [0.15, 0.2) is 22.7 Å². The van der Waals surface area contributed by atoms with Gasteiger partial charge in [0.1, 0.15) is 5.75 Å². The van der Waals surface area contributed by atoms with Crippen LogP contribution in [0.25, 0.3) is 0 Å². The molecule has 0 unspecified atom stereocenters. The van der Waals surface area contributed by atoms with Gasteiger partial charge in [-0.15, -0.1) is 0 Å². The van der Waals surface area contributed by atoms with E-state index in [1.54, 1.807) is 0 Å². The second-order valence-electron chi connectivity index (χ2n) is 5.66. The Morgan fingerprint density at radius 1 is 1.30 bits per heavy atom. The summed E-state index contributed by atoms with van der Waals surface area (Å²) >= 11 is 3.52. The van der Waals surface area contributed by atoms with Gasteiger partial charge in [0.2, 0.25) is 0 Å². The molecule has 0 bridgehead atoms. The number of rotatable bonds is 6. The first kappa shape index (κ1) is 15.6. The lowest BCUT2D eigenvalue weighted by Crippen LogP contribution is -2.27. The fraction of sp³-hybridized carbons (Fsp3) is 0.588. The molecule has 1 aromatic rings. The number of ether oxygens (including phenoxy) is 1. The summed E-state index contributed by atoms with van der Waals surface area (Å²) in [5.41, 5.74) is 0.690. The predicted molar refractivity (Wildman–Crippen MR) is 85.5 cm³/mol. The molecule has 20 heavy (non-hydrogen) atoms. The maximum Gasteiger partial charge on any atom is 0.169 e. The van der Waals surface area contributed by atoms with Crippen LogP contribution >= 0.6 is 15.9 Å². The van der Waals surface area contributed by atoms with E-state index in [-0.39, 0.29) is 5.41 Å². The number of hydrogen-bond acceptors (Lipinski definition) is 2. The van der Waals surface area contributed by atoms with Crippen LogP contribution in [0.3, 0.4) is 0 Å². The van der Waals surface area contributed by atoms with Crippen molar-refractivity contribution < 1.29 is 9.53 Å². The number of carbonyl (C=O) groups excluding carboxylic acids is 1. The lowest BCUT2D eigenvalue weighted by Gasteiger charge is -2.26. The highest BCUT2D eigenvalue weighted by molar-refractivity contribution is 9.10. The van der Waals surface area contributed by atoms with Crippen LogP contribution in [0.4, 0.5) is 0 Å². The molecule has 0 radical (unpaired) electrons. The average molecular weight is 339 g/mol. The third-order valence-corrected chi connectivity index (χ3v) is 4.99. The molecule has 1 fully saturated rings. The van der Waals surface area contributed by atoms with Crippen molar-refractivity contribution in [1.82, 2.24) is 0 Å². The quantitative estimate of drug-likeness (QED) is 0.650. The molecule has 0 aromatic heterocycles. The zero-order chi connectivity index (χ0) is 14.6. The Hall–Kier alpha value is -0.830. The summed E-state index contributed by atoms with van der Waals surface area (Å²) in [6, 6.07) is 5.74. The smallest absolute Gasteiger partial charge is 0.169 e. The van der Waals surface area contributed by atoms with Crippen LogP contribution < -0.4 is 4.74 Å². The summed E-state index contributed by atoms with van der Waals surface area (Å²) in [7, 11) is 0. The molecule has 0 spiro atoms. The van der Waals surface area contributed by atoms with E-state index in [0.29, 0.717) is 12.4 Å². The lowest BCUT2D eigenvalue weighted by atomic mass is 9.76. The van der Waals surface area contributed by atoms with Crippen molar-refractivity contribution in [2.45, 2.75) is 52.4 Å². The Kier molecular flexibility index (Phi) is 5.25. The van der Waals surface area contributed by atoms with Gasteiger partial charge in [-0.2, -0.15) is 0 Å². The second kappa shape index (κ2) is 6.75. The van der Waals surface area contributed by atoms with Crippen LogP contribution in [-0.2, 0) is 0 Å². The Labute approximate surface area is 130 Å². The number of Topliss-reactive ketones (excluding diaryl/α,β-unsaturated/α-hetero) is 1. The first-order chi connectivity index (χ1) is 9.63. The largest absolute Gasteiger partial charge is 0.492 e. The van der Waals surface area contributed by atoms with Gasteiger partial charge < -0.3 is 4.74 Å². The number of ketones is 1. The molecule has 0 aliphatic heterocycles. The van der Waals surface area contributed by atoms with Gasteiger partial charge in [0.05, 0.1) is 11.1 Å². The second-order valence-corrected chi connectivity index (χ2v) is 6.52. The van der Waals surface area contributed by atoms with E-state index in [9.17, 15) is 4.79 Å². The molecule has 1 aliphatic rings. The summed E-state index contributed by atoms with van der Waals surface area (Å²) in [5.74, 6) is 1.13. The van der Waals surface area contributed by atoms with Crippen molar-refractivity contribution in [2.24, 2.45) is 5.41 Å². The third-order valence-electron chi connectivity index (χ3n) is 4.37. The van der Waals surface area contributed by atoms with E-state index in [1.165, 1.54) is 12.8 Å². The standard InChI is InChI=1S/C17H23BrO2/c1-3-11-20-15-8-7-13(12-14(15)18)16(19)17(4-2)9-5-6-10-17/h7-8,12H,3-6,9-11H2,1-2H3. The van der Waals surface area contributed by atoms with Crippen LogP contribution in [0.5, 0.6) is 5.75 Å². The molecule has 0 amide bonds. The topological polar surface area (TPSA) is 26.3 Å². The van der Waals surface area contributed by atoms with Crippen molar-refractivity contribution in [3.8, 4) is 5.75 Å². The van der Waals surface area contributed by atoms with Gasteiger partial charge in [0, 0.05) is 11.0 Å². The van der Waals surface area contributed by atoms with Crippen LogP contribution in [0.2, 0.25) is 0 Å². The number of carbonyl (C=O) groups is 1. The monoisotopic (exact) mass is 338 g/mol. The molecule has 2 rings (SSSR count). The van der Waals surface area contributed by atoms with Gasteiger partial charge in [0.25, 0.3) is 0 Å². The molecule has 0 N–H and O–H groups in total. The van der Waals surface area contributed by atoms with Crippen LogP contribution in [0.1, 0.15) is 62.7 Å². The highest BCUT2D eigenvalue weighted by Crippen LogP contribution is 2.44. The maximum atomic E-state index is 12.8. The highest BCUT2D eigenvalue weighted by Gasteiger charge is 2.39. The molecule has 0 atom stereocenters. The minimum atomic E-state index is -0.120. The van der Waals surface area contributed by atoms with Gasteiger partial charge >= 0.3 is 0 Å². The van der Waals surface area contributed by atoms with Crippen molar-refractivity contribution >= 4 is 21.7 Å². The Balaban J connectivity index is 2.20. The lowest BCUT2D eigenvalue weighted by molar-refractivity contribution is 0.0791. The number of benzene rings is 1. The molecule has 1 aliphatic carbocycles. The Morgan fingerprint density at radius 2 is 2.00 bits per heavy atom. The van der Waals surface area contributed by atoms with E-state index in [4.69, 9.17) is 4.74 Å². The van der Waals surface area contributed by atoms with Gasteiger partial charge in [-0.25, -0.2) is 0 Å². The van der Waals surface area contributed by atoms with E-state index in [0.717, 1.165) is 41.5 Å².